The standard InChI is InChI=1S/C40H35N3O2/c1-2-26-11-8-12-28(21-26)22-37(41-25-27-9-4-3-5-10-27)29-15-18-31(19-16-29)42-40(45)35-23-30-17-20-33-32-13-6-7-14-36(32)43-39(33)34(30)24-38(35)44/h3-21,23-24,37,41,43-44H,2,22,25H2,1H3,(H,42,45). The molecule has 0 radical (unpaired) electrons. The number of phenols is 1. The van der Waals surface area contributed by atoms with Gasteiger partial charge in [0.2, 0.25) is 0 Å². The van der Waals surface area contributed by atoms with Crippen LogP contribution >= 0.6 is 0 Å². The monoisotopic (exact) mass is 589 g/mol. The molecule has 0 spiro atoms. The zero-order chi connectivity index (χ0) is 30.8. The van der Waals surface area contributed by atoms with Gasteiger partial charge < -0.3 is 20.7 Å². The molecule has 1 unspecified atom stereocenters. The Morgan fingerprint density at radius 3 is 2.31 bits per heavy atom. The molecular weight excluding hydrogens is 554 g/mol. The van der Waals surface area contributed by atoms with E-state index >= 15 is 0 Å². The number of amides is 1. The van der Waals surface area contributed by atoms with Crippen molar-refractivity contribution in [3.8, 4) is 5.75 Å². The minimum Gasteiger partial charge on any atom is -0.507 e. The molecule has 0 aliphatic heterocycles. The number of hydrogen-bond donors (Lipinski definition) is 4. The third kappa shape index (κ3) is 5.91. The summed E-state index contributed by atoms with van der Waals surface area (Å²) in [4.78, 5) is 16.8. The van der Waals surface area contributed by atoms with E-state index in [4.69, 9.17) is 0 Å². The largest absolute Gasteiger partial charge is 0.507 e. The number of nitrogens with one attached hydrogen (secondary N) is 3. The average Bonchev–Trinajstić information content (AvgIpc) is 3.46. The Hall–Kier alpha value is -5.39. The van der Waals surface area contributed by atoms with Crippen LogP contribution in [0.2, 0.25) is 0 Å². The molecule has 0 saturated heterocycles. The highest BCUT2D eigenvalue weighted by Gasteiger charge is 2.17. The summed E-state index contributed by atoms with van der Waals surface area (Å²) in [6, 6.07) is 42.9. The lowest BCUT2D eigenvalue weighted by molar-refractivity contribution is 0.102. The summed E-state index contributed by atoms with van der Waals surface area (Å²) < 4.78 is 0. The third-order valence-electron chi connectivity index (χ3n) is 8.66. The Balaban J connectivity index is 1.12. The fourth-order valence-electron chi connectivity index (χ4n) is 6.22. The molecule has 1 amide bonds. The van der Waals surface area contributed by atoms with Gasteiger partial charge in [0.25, 0.3) is 5.91 Å². The second-order valence-corrected chi connectivity index (χ2v) is 11.6. The van der Waals surface area contributed by atoms with Crippen LogP contribution in [0.4, 0.5) is 5.69 Å². The number of benzene rings is 6. The van der Waals surface area contributed by atoms with Gasteiger partial charge in [0.05, 0.1) is 11.1 Å². The molecule has 45 heavy (non-hydrogen) atoms. The van der Waals surface area contributed by atoms with Crippen molar-refractivity contribution in [3.63, 3.8) is 0 Å². The zero-order valence-electron chi connectivity index (χ0n) is 25.2. The minimum absolute atomic E-state index is 0.0535. The molecule has 7 aromatic rings. The maximum absolute atomic E-state index is 13.4. The van der Waals surface area contributed by atoms with Crippen LogP contribution in [0.25, 0.3) is 32.6 Å². The Labute approximate surface area is 262 Å². The van der Waals surface area contributed by atoms with E-state index in [2.05, 4.69) is 95.3 Å². The first-order chi connectivity index (χ1) is 22.1. The maximum atomic E-state index is 13.4. The van der Waals surface area contributed by atoms with Gasteiger partial charge in [0, 0.05) is 39.9 Å². The fraction of sp³-hybridized carbons (Fsp3) is 0.125. The van der Waals surface area contributed by atoms with Gasteiger partial charge in [-0.25, -0.2) is 0 Å². The second kappa shape index (κ2) is 12.3. The maximum Gasteiger partial charge on any atom is 0.259 e. The van der Waals surface area contributed by atoms with Gasteiger partial charge in [-0.3, -0.25) is 4.79 Å². The number of H-pyrrole nitrogens is 1. The average molecular weight is 590 g/mol. The highest BCUT2D eigenvalue weighted by atomic mass is 16.3. The van der Waals surface area contributed by atoms with Crippen molar-refractivity contribution in [2.45, 2.75) is 32.4 Å². The lowest BCUT2D eigenvalue weighted by Crippen LogP contribution is -2.23. The van der Waals surface area contributed by atoms with Crippen LogP contribution in [0.1, 0.15) is 45.6 Å². The molecule has 0 saturated carbocycles. The normalized spacial score (nSPS) is 12.1. The number of aromatic nitrogens is 1. The number of phenolic OH excluding ortho intramolecular Hbond substituents is 1. The van der Waals surface area contributed by atoms with Crippen molar-refractivity contribution in [1.82, 2.24) is 10.3 Å². The minimum atomic E-state index is -0.353. The highest BCUT2D eigenvalue weighted by molar-refractivity contribution is 6.18. The number of aromatic amines is 1. The van der Waals surface area contributed by atoms with Crippen molar-refractivity contribution < 1.29 is 9.90 Å². The number of hydrogen-bond acceptors (Lipinski definition) is 3. The summed E-state index contributed by atoms with van der Waals surface area (Å²) in [5.41, 5.74) is 7.88. The highest BCUT2D eigenvalue weighted by Crippen LogP contribution is 2.34. The first-order valence-electron chi connectivity index (χ1n) is 15.5. The SMILES string of the molecule is CCc1cccc(CC(NCc2ccccc2)c2ccc(NC(=O)c3cc4ccc5c6ccccc6[nH]c5c4cc3O)cc2)c1. The van der Waals surface area contributed by atoms with E-state index < -0.39 is 0 Å². The molecule has 7 rings (SSSR count). The van der Waals surface area contributed by atoms with E-state index in [1.54, 1.807) is 12.1 Å². The lowest BCUT2D eigenvalue weighted by atomic mass is 9.96. The number of fused-ring (bicyclic) bond motifs is 5. The number of aryl methyl sites for hydroxylation is 1. The van der Waals surface area contributed by atoms with E-state index in [0.29, 0.717) is 5.69 Å². The molecule has 0 bridgehead atoms. The molecule has 1 aromatic heterocycles. The summed E-state index contributed by atoms with van der Waals surface area (Å²) >= 11 is 0. The molecule has 5 nitrogen and oxygen atoms in total. The summed E-state index contributed by atoms with van der Waals surface area (Å²) in [7, 11) is 0. The van der Waals surface area contributed by atoms with E-state index in [0.717, 1.165) is 57.5 Å². The van der Waals surface area contributed by atoms with Gasteiger partial charge in [-0.05, 0) is 70.8 Å². The van der Waals surface area contributed by atoms with Crippen molar-refractivity contribution in [2.75, 3.05) is 5.32 Å². The summed E-state index contributed by atoms with van der Waals surface area (Å²) in [5, 5.41) is 21.7. The van der Waals surface area contributed by atoms with Crippen LogP contribution in [-0.4, -0.2) is 16.0 Å². The van der Waals surface area contributed by atoms with E-state index in [-0.39, 0.29) is 23.3 Å². The molecule has 0 fully saturated rings. The number of anilines is 1. The van der Waals surface area contributed by atoms with Crippen molar-refractivity contribution in [1.29, 1.82) is 0 Å². The molecule has 6 aromatic carbocycles. The van der Waals surface area contributed by atoms with Gasteiger partial charge >= 0.3 is 0 Å². The van der Waals surface area contributed by atoms with Crippen LogP contribution in [0.3, 0.4) is 0 Å². The summed E-state index contributed by atoms with van der Waals surface area (Å²) in [6.07, 6.45) is 1.85. The summed E-state index contributed by atoms with van der Waals surface area (Å²) in [6.45, 7) is 2.93. The third-order valence-corrected chi connectivity index (χ3v) is 8.66. The fourth-order valence-corrected chi connectivity index (χ4v) is 6.22. The van der Waals surface area contributed by atoms with Gasteiger partial charge in [-0.2, -0.15) is 0 Å². The van der Waals surface area contributed by atoms with Crippen molar-refractivity contribution in [2.24, 2.45) is 0 Å². The van der Waals surface area contributed by atoms with Crippen LogP contribution in [0, 0.1) is 0 Å². The van der Waals surface area contributed by atoms with E-state index in [1.807, 2.05) is 42.5 Å². The predicted molar refractivity (Wildman–Crippen MR) is 185 cm³/mol. The van der Waals surface area contributed by atoms with Crippen LogP contribution in [-0.2, 0) is 19.4 Å². The molecule has 0 aliphatic carbocycles. The number of rotatable bonds is 9. The molecular formula is C40H35N3O2. The number of carbonyl (C=O) groups excluding carboxylic acids is 1. The van der Waals surface area contributed by atoms with Gasteiger partial charge in [-0.15, -0.1) is 0 Å². The molecule has 0 aliphatic rings. The Morgan fingerprint density at radius 1 is 0.733 bits per heavy atom. The molecule has 5 heteroatoms. The van der Waals surface area contributed by atoms with E-state index in [9.17, 15) is 9.90 Å². The molecule has 4 N–H and O–H groups in total. The Kier molecular flexibility index (Phi) is 7.76. The quantitative estimate of drug-likeness (QED) is 0.136. The molecule has 1 heterocycles. The first kappa shape index (κ1) is 28.4. The van der Waals surface area contributed by atoms with Gasteiger partial charge in [0.15, 0.2) is 0 Å². The first-order valence-corrected chi connectivity index (χ1v) is 15.5. The predicted octanol–water partition coefficient (Wildman–Crippen LogP) is 9.07. The van der Waals surface area contributed by atoms with Gasteiger partial charge in [-0.1, -0.05) is 104 Å². The van der Waals surface area contributed by atoms with Crippen molar-refractivity contribution in [3.05, 3.63) is 155 Å². The summed E-state index contributed by atoms with van der Waals surface area (Å²) in [5.74, 6) is -0.406. The Morgan fingerprint density at radius 2 is 1.49 bits per heavy atom. The van der Waals surface area contributed by atoms with Crippen LogP contribution in [0.15, 0.2) is 127 Å². The van der Waals surface area contributed by atoms with Crippen molar-refractivity contribution >= 4 is 44.2 Å². The topological polar surface area (TPSA) is 77.1 Å². The lowest BCUT2D eigenvalue weighted by Gasteiger charge is -2.21. The number of carbonyl (C=O) groups is 1. The number of para-hydroxylation sites is 1. The van der Waals surface area contributed by atoms with Crippen LogP contribution < -0.4 is 10.6 Å². The van der Waals surface area contributed by atoms with Gasteiger partial charge in [0.1, 0.15) is 5.75 Å². The number of aromatic hydroxyl groups is 1. The second-order valence-electron chi connectivity index (χ2n) is 11.6. The van der Waals surface area contributed by atoms with E-state index in [1.165, 1.54) is 16.7 Å². The molecule has 222 valence electrons. The Bertz CT molecular complexity index is 2130. The smallest absolute Gasteiger partial charge is 0.259 e. The van der Waals surface area contributed by atoms with Crippen LogP contribution in [0.5, 0.6) is 5.75 Å². The zero-order valence-corrected chi connectivity index (χ0v) is 25.2. The molecule has 1 atom stereocenters.